The number of benzene rings is 2. The van der Waals surface area contributed by atoms with Gasteiger partial charge in [0.25, 0.3) is 5.91 Å². The molecule has 0 aliphatic rings. The van der Waals surface area contributed by atoms with Gasteiger partial charge >= 0.3 is 6.09 Å². The number of anilines is 1. The molecule has 0 spiro atoms. The lowest BCUT2D eigenvalue weighted by molar-refractivity contribution is 0.0300. The highest BCUT2D eigenvalue weighted by atomic mass is 127. The van der Waals surface area contributed by atoms with Gasteiger partial charge in [0.15, 0.2) is 6.79 Å². The Morgan fingerprint density at radius 1 is 1.15 bits per heavy atom. The Hall–Kier alpha value is -2.61. The van der Waals surface area contributed by atoms with E-state index in [1.54, 1.807) is 59.4 Å². The third-order valence-electron chi connectivity index (χ3n) is 3.29. The standard InChI is InChI=1S/C19H17IN2O5/c1-2-10-21-18(23)17-11-15(9-8-14(17)12-25-13-26-20)22-19(24)27-16-6-4-3-5-7-16/h1,3-9,11H,10,12-13H2,(H,21,23)(H,22,24). The fourth-order valence-corrected chi connectivity index (χ4v) is 2.32. The van der Waals surface area contributed by atoms with Crippen molar-refractivity contribution in [1.29, 1.82) is 0 Å². The van der Waals surface area contributed by atoms with Crippen molar-refractivity contribution >= 4 is 40.7 Å². The predicted molar refractivity (Wildman–Crippen MR) is 108 cm³/mol. The van der Waals surface area contributed by atoms with Gasteiger partial charge in [-0.15, -0.1) is 6.42 Å². The van der Waals surface area contributed by atoms with Crippen LogP contribution in [0.5, 0.6) is 5.75 Å². The fraction of sp³-hybridized carbons (Fsp3) is 0.158. The number of nitrogens with one attached hydrogen (secondary N) is 2. The summed E-state index contributed by atoms with van der Waals surface area (Å²) in [4.78, 5) is 24.4. The van der Waals surface area contributed by atoms with Crippen LogP contribution < -0.4 is 15.4 Å². The highest BCUT2D eigenvalue weighted by Gasteiger charge is 2.14. The summed E-state index contributed by atoms with van der Waals surface area (Å²) in [5, 5.41) is 5.18. The minimum absolute atomic E-state index is 0.0787. The van der Waals surface area contributed by atoms with Crippen LogP contribution in [0.1, 0.15) is 15.9 Å². The maximum Gasteiger partial charge on any atom is 0.417 e. The molecule has 2 rings (SSSR count). The van der Waals surface area contributed by atoms with Gasteiger partial charge in [0.1, 0.15) is 28.8 Å². The number of hydrogen-bond acceptors (Lipinski definition) is 5. The number of halogens is 1. The van der Waals surface area contributed by atoms with Crippen LogP contribution >= 0.6 is 23.0 Å². The highest BCUT2D eigenvalue weighted by Crippen LogP contribution is 2.18. The maximum absolute atomic E-state index is 12.3. The maximum atomic E-state index is 12.3. The number of ether oxygens (including phenoxy) is 2. The Labute approximate surface area is 171 Å². The summed E-state index contributed by atoms with van der Waals surface area (Å²) in [6.07, 6.45) is 4.51. The number of para-hydroxylation sites is 1. The first kappa shape index (κ1) is 20.7. The van der Waals surface area contributed by atoms with E-state index < -0.39 is 6.09 Å². The average molecular weight is 480 g/mol. The first-order chi connectivity index (χ1) is 13.1. The van der Waals surface area contributed by atoms with Crippen molar-refractivity contribution in [3.63, 3.8) is 0 Å². The van der Waals surface area contributed by atoms with E-state index in [4.69, 9.17) is 19.0 Å². The van der Waals surface area contributed by atoms with Crippen molar-refractivity contribution in [3.8, 4) is 18.1 Å². The molecule has 0 aliphatic heterocycles. The quantitative estimate of drug-likeness (QED) is 0.262. The summed E-state index contributed by atoms with van der Waals surface area (Å²) in [7, 11) is 0. The minimum Gasteiger partial charge on any atom is -0.410 e. The van der Waals surface area contributed by atoms with Gasteiger partial charge < -0.3 is 14.8 Å². The molecule has 7 nitrogen and oxygen atoms in total. The first-order valence-corrected chi connectivity index (χ1v) is 8.72. The molecule has 27 heavy (non-hydrogen) atoms. The Morgan fingerprint density at radius 2 is 1.93 bits per heavy atom. The number of hydrogen-bond donors (Lipinski definition) is 2. The Bertz CT molecular complexity index is 821. The first-order valence-electron chi connectivity index (χ1n) is 7.83. The van der Waals surface area contributed by atoms with Gasteiger partial charge in [-0.2, -0.15) is 0 Å². The molecule has 2 amide bonds. The van der Waals surface area contributed by atoms with Crippen LogP contribution in [0.2, 0.25) is 0 Å². The van der Waals surface area contributed by atoms with Crippen molar-refractivity contribution in [3.05, 3.63) is 59.7 Å². The minimum atomic E-state index is -0.668. The van der Waals surface area contributed by atoms with Crippen LogP contribution in [0, 0.1) is 12.3 Å². The van der Waals surface area contributed by atoms with Crippen molar-refractivity contribution < 1.29 is 22.1 Å². The van der Waals surface area contributed by atoms with E-state index in [0.29, 0.717) is 22.6 Å². The molecular weight excluding hydrogens is 463 g/mol. The van der Waals surface area contributed by atoms with Crippen LogP contribution in [0.25, 0.3) is 0 Å². The van der Waals surface area contributed by atoms with E-state index in [9.17, 15) is 9.59 Å². The summed E-state index contributed by atoms with van der Waals surface area (Å²) in [5.41, 5.74) is 1.35. The average Bonchev–Trinajstić information content (AvgIpc) is 2.68. The molecule has 0 aromatic heterocycles. The largest absolute Gasteiger partial charge is 0.417 e. The second-order valence-electron chi connectivity index (χ2n) is 5.16. The van der Waals surface area contributed by atoms with E-state index in [2.05, 4.69) is 16.6 Å². The second-order valence-corrected chi connectivity index (χ2v) is 5.78. The number of rotatable bonds is 8. The van der Waals surface area contributed by atoms with Gasteiger partial charge in [-0.05, 0) is 29.8 Å². The summed E-state index contributed by atoms with van der Waals surface area (Å²) < 4.78 is 15.3. The normalized spacial score (nSPS) is 9.93. The lowest BCUT2D eigenvalue weighted by Gasteiger charge is -2.12. The van der Waals surface area contributed by atoms with E-state index >= 15 is 0 Å². The molecule has 0 bridgehead atoms. The lowest BCUT2D eigenvalue weighted by Crippen LogP contribution is -2.25. The summed E-state index contributed by atoms with van der Waals surface area (Å²) in [6.45, 7) is 0.329. The second kappa shape index (κ2) is 11.2. The molecule has 0 aliphatic carbocycles. The van der Waals surface area contributed by atoms with Crippen LogP contribution in [-0.2, 0) is 14.4 Å². The van der Waals surface area contributed by atoms with Crippen molar-refractivity contribution in [2.75, 3.05) is 18.7 Å². The number of terminal acetylenes is 1. The third-order valence-corrected chi connectivity index (χ3v) is 3.55. The molecule has 8 heteroatoms. The number of carbonyl (C=O) groups is 2. The van der Waals surface area contributed by atoms with Crippen LogP contribution in [0.15, 0.2) is 48.5 Å². The van der Waals surface area contributed by atoms with Crippen molar-refractivity contribution in [1.82, 2.24) is 5.32 Å². The topological polar surface area (TPSA) is 85.9 Å². The van der Waals surface area contributed by atoms with Gasteiger partial charge in [0.2, 0.25) is 0 Å². The Kier molecular flexibility index (Phi) is 8.57. The molecule has 0 unspecified atom stereocenters. The zero-order chi connectivity index (χ0) is 19.5. The molecule has 2 N–H and O–H groups in total. The van der Waals surface area contributed by atoms with E-state index in [1.165, 1.54) is 6.07 Å². The number of carbonyl (C=O) groups excluding carboxylic acids is 2. The molecule has 0 radical (unpaired) electrons. The van der Waals surface area contributed by atoms with E-state index in [1.807, 2.05) is 6.07 Å². The molecular formula is C19H17IN2O5. The monoisotopic (exact) mass is 480 g/mol. The van der Waals surface area contributed by atoms with Crippen LogP contribution in [-0.4, -0.2) is 25.3 Å². The van der Waals surface area contributed by atoms with Crippen molar-refractivity contribution in [2.45, 2.75) is 6.61 Å². The predicted octanol–water partition coefficient (Wildman–Crippen LogP) is 3.50. The van der Waals surface area contributed by atoms with Gasteiger partial charge in [-0.3, -0.25) is 13.2 Å². The van der Waals surface area contributed by atoms with E-state index in [-0.39, 0.29) is 25.9 Å². The van der Waals surface area contributed by atoms with Gasteiger partial charge in [-0.25, -0.2) is 4.79 Å². The smallest absolute Gasteiger partial charge is 0.410 e. The summed E-state index contributed by atoms with van der Waals surface area (Å²) in [5.74, 6) is 2.38. The van der Waals surface area contributed by atoms with Crippen LogP contribution in [0.4, 0.5) is 10.5 Å². The van der Waals surface area contributed by atoms with Gasteiger partial charge in [-0.1, -0.05) is 30.2 Å². The highest BCUT2D eigenvalue weighted by molar-refractivity contribution is 14.1. The Balaban J connectivity index is 2.13. The summed E-state index contributed by atoms with van der Waals surface area (Å²) >= 11 is 1.71. The molecule has 0 saturated carbocycles. The zero-order valence-corrected chi connectivity index (χ0v) is 16.4. The van der Waals surface area contributed by atoms with Crippen LogP contribution in [0.3, 0.4) is 0 Å². The SMILES string of the molecule is C#CCNC(=O)c1cc(NC(=O)Oc2ccccc2)ccc1COCOI. The number of amides is 2. The lowest BCUT2D eigenvalue weighted by atomic mass is 10.1. The van der Waals surface area contributed by atoms with E-state index in [0.717, 1.165) is 0 Å². The molecule has 0 fully saturated rings. The molecule has 0 saturated heterocycles. The molecule has 140 valence electrons. The summed E-state index contributed by atoms with van der Waals surface area (Å²) in [6, 6.07) is 13.5. The fourth-order valence-electron chi connectivity index (χ4n) is 2.14. The van der Waals surface area contributed by atoms with Gasteiger partial charge in [0.05, 0.1) is 13.2 Å². The Morgan fingerprint density at radius 3 is 2.63 bits per heavy atom. The molecule has 2 aromatic carbocycles. The molecule has 2 aromatic rings. The zero-order valence-electron chi connectivity index (χ0n) is 14.2. The third kappa shape index (κ3) is 6.90. The van der Waals surface area contributed by atoms with Gasteiger partial charge in [0, 0.05) is 11.3 Å². The van der Waals surface area contributed by atoms with Crippen molar-refractivity contribution in [2.24, 2.45) is 0 Å². The molecule has 0 heterocycles. The molecule has 0 atom stereocenters.